The molecule has 3 aromatic rings. The number of rotatable bonds is 7. The lowest BCUT2D eigenvalue weighted by atomic mass is 9.81. The summed E-state index contributed by atoms with van der Waals surface area (Å²) in [5.41, 5.74) is 1.85. The smallest absolute Gasteiger partial charge is 0.249 e. The second kappa shape index (κ2) is 9.35. The molecule has 3 atom stereocenters. The van der Waals surface area contributed by atoms with Gasteiger partial charge in [-0.2, -0.15) is 5.10 Å². The number of amides is 1. The Morgan fingerprint density at radius 2 is 2.06 bits per heavy atom. The predicted octanol–water partition coefficient (Wildman–Crippen LogP) is 3.77. The molecule has 3 aromatic heterocycles. The molecule has 5 heterocycles. The number of piperidine rings is 2. The molecule has 174 valence electrons. The highest BCUT2D eigenvalue weighted by molar-refractivity contribution is 5.91. The molecule has 3 N–H and O–H groups in total. The van der Waals surface area contributed by atoms with Crippen molar-refractivity contribution in [1.82, 2.24) is 25.1 Å². The predicted molar refractivity (Wildman–Crippen MR) is 128 cm³/mol. The number of nitrogens with zero attached hydrogens (tertiary/aromatic N) is 4. The number of carbonyl (C=O) groups excluding carboxylic acids is 1. The molecule has 0 aromatic carbocycles. The second-order valence-electron chi connectivity index (χ2n) is 8.98. The lowest BCUT2D eigenvalue weighted by Gasteiger charge is -2.49. The molecule has 9 nitrogen and oxygen atoms in total. The summed E-state index contributed by atoms with van der Waals surface area (Å²) in [5, 5.41) is 15.2. The van der Waals surface area contributed by atoms with Crippen molar-refractivity contribution in [2.75, 3.05) is 23.8 Å². The van der Waals surface area contributed by atoms with Crippen LogP contribution in [0.3, 0.4) is 0 Å². The Balaban J connectivity index is 1.37. The summed E-state index contributed by atoms with van der Waals surface area (Å²) in [7, 11) is 0. The summed E-state index contributed by atoms with van der Waals surface area (Å²) in [6.07, 6.45) is 6.88. The van der Waals surface area contributed by atoms with E-state index in [0.29, 0.717) is 12.4 Å². The minimum absolute atomic E-state index is 0.123. The van der Waals surface area contributed by atoms with Crippen LogP contribution in [-0.2, 0) is 9.53 Å². The Hall–Kier alpha value is -3.20. The quantitative estimate of drug-likeness (QED) is 0.504. The van der Waals surface area contributed by atoms with Crippen LogP contribution in [0.4, 0.5) is 17.5 Å². The zero-order valence-corrected chi connectivity index (χ0v) is 19.2. The molecule has 0 aliphatic carbocycles. The molecule has 1 unspecified atom stereocenters. The third kappa shape index (κ3) is 4.64. The lowest BCUT2D eigenvalue weighted by Crippen LogP contribution is -2.58. The number of aromatic nitrogens is 4. The van der Waals surface area contributed by atoms with E-state index in [-0.39, 0.29) is 30.6 Å². The second-order valence-corrected chi connectivity index (χ2v) is 8.98. The summed E-state index contributed by atoms with van der Waals surface area (Å²) in [6.45, 7) is 4.63. The summed E-state index contributed by atoms with van der Waals surface area (Å²) in [6, 6.07) is 8.60. The highest BCUT2D eigenvalue weighted by Crippen LogP contribution is 2.36. The Labute approximate surface area is 193 Å². The average molecular weight is 450 g/mol. The van der Waals surface area contributed by atoms with Crippen molar-refractivity contribution in [2.45, 2.75) is 64.1 Å². The van der Waals surface area contributed by atoms with Crippen molar-refractivity contribution in [3.8, 4) is 0 Å². The molecular weight excluding hydrogens is 418 g/mol. The van der Waals surface area contributed by atoms with E-state index in [9.17, 15) is 4.79 Å². The first-order valence-corrected chi connectivity index (χ1v) is 11.8. The van der Waals surface area contributed by atoms with Crippen LogP contribution in [0.2, 0.25) is 0 Å². The number of pyridine rings is 2. The van der Waals surface area contributed by atoms with E-state index < -0.39 is 0 Å². The first-order valence-electron chi connectivity index (χ1n) is 11.8. The van der Waals surface area contributed by atoms with Crippen molar-refractivity contribution in [3.63, 3.8) is 0 Å². The molecule has 0 radical (unpaired) electrons. The summed E-state index contributed by atoms with van der Waals surface area (Å²) < 4.78 is 5.41. The van der Waals surface area contributed by atoms with Gasteiger partial charge < -0.3 is 20.3 Å². The van der Waals surface area contributed by atoms with Crippen LogP contribution in [0.15, 0.2) is 30.5 Å². The zero-order chi connectivity index (χ0) is 22.8. The molecule has 9 heteroatoms. The first kappa shape index (κ1) is 21.6. The molecule has 5 rings (SSSR count). The Kier molecular flexibility index (Phi) is 6.13. The van der Waals surface area contributed by atoms with Crippen molar-refractivity contribution in [1.29, 1.82) is 0 Å². The van der Waals surface area contributed by atoms with Crippen LogP contribution in [-0.4, -0.2) is 62.3 Å². The van der Waals surface area contributed by atoms with Gasteiger partial charge in [-0.05, 0) is 58.1 Å². The zero-order valence-electron chi connectivity index (χ0n) is 19.2. The number of anilines is 3. The summed E-state index contributed by atoms with van der Waals surface area (Å²) in [5.74, 6) is 2.35. The van der Waals surface area contributed by atoms with Gasteiger partial charge in [0.2, 0.25) is 5.91 Å². The minimum atomic E-state index is 0.123. The fourth-order valence-electron chi connectivity index (χ4n) is 5.23. The van der Waals surface area contributed by atoms with E-state index in [1.807, 2.05) is 38.1 Å². The molecule has 2 bridgehead atoms. The maximum atomic E-state index is 12.8. The monoisotopic (exact) mass is 449 g/mol. The molecule has 2 saturated heterocycles. The number of ether oxygens (including phenoxy) is 1. The van der Waals surface area contributed by atoms with Crippen molar-refractivity contribution in [2.24, 2.45) is 0 Å². The van der Waals surface area contributed by atoms with Crippen molar-refractivity contribution >= 4 is 34.3 Å². The number of carbonyl (C=O) groups is 1. The number of H-pyrrole nitrogens is 1. The van der Waals surface area contributed by atoms with Gasteiger partial charge in [-0.3, -0.25) is 14.9 Å². The molecule has 2 aliphatic rings. The number of nitrogens with one attached hydrogen (secondary N) is 3. The van der Waals surface area contributed by atoms with E-state index in [1.165, 1.54) is 6.42 Å². The molecule has 1 amide bonds. The van der Waals surface area contributed by atoms with Crippen LogP contribution < -0.4 is 10.6 Å². The fraction of sp³-hybridized carbons (Fsp3) is 0.500. The Morgan fingerprint density at radius 1 is 1.24 bits per heavy atom. The van der Waals surface area contributed by atoms with Gasteiger partial charge in [0.25, 0.3) is 0 Å². The first-order chi connectivity index (χ1) is 16.1. The van der Waals surface area contributed by atoms with E-state index >= 15 is 0 Å². The van der Waals surface area contributed by atoms with Gasteiger partial charge in [0.1, 0.15) is 18.2 Å². The number of aryl methyl sites for hydroxylation is 1. The molecule has 2 aliphatic heterocycles. The molecule has 2 fully saturated rings. The summed E-state index contributed by atoms with van der Waals surface area (Å²) in [4.78, 5) is 24.3. The van der Waals surface area contributed by atoms with Crippen LogP contribution in [0, 0.1) is 6.92 Å². The maximum Gasteiger partial charge on any atom is 0.249 e. The molecule has 33 heavy (non-hydrogen) atoms. The highest BCUT2D eigenvalue weighted by Gasteiger charge is 2.40. The topological polar surface area (TPSA) is 108 Å². The fourth-order valence-corrected chi connectivity index (χ4v) is 5.23. The van der Waals surface area contributed by atoms with Gasteiger partial charge in [0, 0.05) is 54.1 Å². The highest BCUT2D eigenvalue weighted by atomic mass is 16.5. The standard InChI is InChI=1S/C24H31N7O2/c1-3-33-14-23(32)31-17-6-4-7-18(31)12-16(11-17)26-24-19-8-5-9-25-20(19)13-21(28-24)27-22-10-15(2)29-30-22/h5,8-10,13,16-18H,3-4,6-7,11-12,14H2,1-2H3,(H3,26,27,28,29,30)/t16?,17-,18+. The molecule has 0 saturated carbocycles. The number of hydrogen-bond donors (Lipinski definition) is 3. The van der Waals surface area contributed by atoms with Gasteiger partial charge in [0.05, 0.1) is 5.52 Å². The van der Waals surface area contributed by atoms with E-state index in [1.54, 1.807) is 6.20 Å². The van der Waals surface area contributed by atoms with Gasteiger partial charge in [-0.25, -0.2) is 4.98 Å². The normalized spacial score (nSPS) is 22.4. The lowest BCUT2D eigenvalue weighted by molar-refractivity contribution is -0.145. The number of aromatic amines is 1. The largest absolute Gasteiger partial charge is 0.372 e. The van der Waals surface area contributed by atoms with E-state index in [2.05, 4.69) is 30.7 Å². The van der Waals surface area contributed by atoms with Gasteiger partial charge in [-0.1, -0.05) is 0 Å². The SMILES string of the molecule is CCOCC(=O)N1[C@@H]2CCC[C@H]1CC(Nc1nc(Nc3cc(C)[nH]n3)cc3ncccc13)C2. The average Bonchev–Trinajstić information content (AvgIpc) is 3.21. The van der Waals surface area contributed by atoms with Crippen LogP contribution in [0.25, 0.3) is 10.9 Å². The van der Waals surface area contributed by atoms with Crippen molar-refractivity contribution in [3.05, 3.63) is 36.2 Å². The Morgan fingerprint density at radius 3 is 2.79 bits per heavy atom. The van der Waals surface area contributed by atoms with Gasteiger partial charge in [-0.15, -0.1) is 0 Å². The van der Waals surface area contributed by atoms with Gasteiger partial charge in [0.15, 0.2) is 5.82 Å². The molecular formula is C24H31N7O2. The van der Waals surface area contributed by atoms with E-state index in [4.69, 9.17) is 9.72 Å². The van der Waals surface area contributed by atoms with Crippen LogP contribution in [0.1, 0.15) is 44.7 Å². The summed E-state index contributed by atoms with van der Waals surface area (Å²) >= 11 is 0. The maximum absolute atomic E-state index is 12.8. The Bertz CT molecular complexity index is 1120. The minimum Gasteiger partial charge on any atom is -0.372 e. The third-order valence-corrected chi connectivity index (χ3v) is 6.59. The number of hydrogen-bond acceptors (Lipinski definition) is 7. The van der Waals surface area contributed by atoms with Crippen LogP contribution >= 0.6 is 0 Å². The van der Waals surface area contributed by atoms with Gasteiger partial charge >= 0.3 is 0 Å². The van der Waals surface area contributed by atoms with Crippen molar-refractivity contribution < 1.29 is 9.53 Å². The third-order valence-electron chi connectivity index (χ3n) is 6.59. The van der Waals surface area contributed by atoms with E-state index in [0.717, 1.165) is 53.9 Å². The van der Waals surface area contributed by atoms with Crippen LogP contribution in [0.5, 0.6) is 0 Å². The number of fused-ring (bicyclic) bond motifs is 3. The molecule has 0 spiro atoms.